The van der Waals surface area contributed by atoms with E-state index in [1.54, 1.807) is 49.1 Å². The Morgan fingerprint density at radius 3 is 1.48 bits per heavy atom. The van der Waals surface area contributed by atoms with E-state index in [1.165, 1.54) is 0 Å². The molecule has 2 N–H and O–H groups in total. The minimum absolute atomic E-state index is 0.0163. The number of hydrogen-bond donors (Lipinski definition) is 2. The lowest BCUT2D eigenvalue weighted by atomic mass is 10.1. The SMILES string of the molecule is O=C(CCCCCC(=O)Nc1ccncc1)Nc1ccncc1. The van der Waals surface area contributed by atoms with Crippen LogP contribution in [0.5, 0.6) is 0 Å². The predicted molar refractivity (Wildman–Crippen MR) is 88.8 cm³/mol. The highest BCUT2D eigenvalue weighted by molar-refractivity contribution is 5.91. The normalized spacial score (nSPS) is 10.1. The second kappa shape index (κ2) is 9.30. The number of carbonyl (C=O) groups is 2. The fourth-order valence-electron chi connectivity index (χ4n) is 2.07. The molecule has 0 aliphatic carbocycles. The lowest BCUT2D eigenvalue weighted by Crippen LogP contribution is -2.12. The van der Waals surface area contributed by atoms with Gasteiger partial charge in [-0.15, -0.1) is 0 Å². The van der Waals surface area contributed by atoms with Crippen molar-refractivity contribution in [2.24, 2.45) is 0 Å². The fourth-order valence-corrected chi connectivity index (χ4v) is 2.07. The first-order chi connectivity index (χ1) is 11.2. The molecular weight excluding hydrogens is 292 g/mol. The Labute approximate surface area is 135 Å². The van der Waals surface area contributed by atoms with Crippen LogP contribution in [0.25, 0.3) is 0 Å². The molecule has 6 nitrogen and oxygen atoms in total. The van der Waals surface area contributed by atoms with Gasteiger partial charge in [-0.25, -0.2) is 0 Å². The minimum Gasteiger partial charge on any atom is -0.326 e. The maximum absolute atomic E-state index is 11.7. The van der Waals surface area contributed by atoms with Crippen LogP contribution in [-0.4, -0.2) is 21.8 Å². The van der Waals surface area contributed by atoms with Crippen LogP contribution >= 0.6 is 0 Å². The third-order valence-corrected chi connectivity index (χ3v) is 3.24. The van der Waals surface area contributed by atoms with Crippen molar-refractivity contribution < 1.29 is 9.59 Å². The van der Waals surface area contributed by atoms with Crippen molar-refractivity contribution in [1.29, 1.82) is 0 Å². The van der Waals surface area contributed by atoms with E-state index in [0.717, 1.165) is 30.6 Å². The van der Waals surface area contributed by atoms with Crippen molar-refractivity contribution in [2.75, 3.05) is 10.6 Å². The molecular formula is C17H20N4O2. The van der Waals surface area contributed by atoms with Crippen molar-refractivity contribution in [3.63, 3.8) is 0 Å². The third kappa shape index (κ3) is 6.69. The Kier molecular flexibility index (Phi) is 6.71. The summed E-state index contributed by atoms with van der Waals surface area (Å²) in [5.41, 5.74) is 1.50. The summed E-state index contributed by atoms with van der Waals surface area (Å²) in [5, 5.41) is 5.62. The van der Waals surface area contributed by atoms with Crippen molar-refractivity contribution in [2.45, 2.75) is 32.1 Å². The number of hydrogen-bond acceptors (Lipinski definition) is 4. The van der Waals surface area contributed by atoms with Crippen LogP contribution in [0, 0.1) is 0 Å². The molecule has 0 aromatic carbocycles. The Morgan fingerprint density at radius 2 is 1.09 bits per heavy atom. The van der Waals surface area contributed by atoms with Crippen LogP contribution in [0.3, 0.4) is 0 Å². The summed E-state index contributed by atoms with van der Waals surface area (Å²) in [4.78, 5) is 31.3. The highest BCUT2D eigenvalue weighted by Gasteiger charge is 2.04. The summed E-state index contributed by atoms with van der Waals surface area (Å²) in [6, 6.07) is 7.01. The highest BCUT2D eigenvalue weighted by atomic mass is 16.2. The zero-order chi connectivity index (χ0) is 16.3. The third-order valence-electron chi connectivity index (χ3n) is 3.24. The zero-order valence-electron chi connectivity index (χ0n) is 12.9. The standard InChI is InChI=1S/C17H20N4O2/c22-16(20-14-6-10-18-11-7-14)4-2-1-3-5-17(23)21-15-8-12-19-13-9-15/h6-13H,1-5H2,(H,18,20,22)(H,19,21,23). The molecule has 0 saturated carbocycles. The van der Waals surface area contributed by atoms with Crippen LogP contribution in [-0.2, 0) is 9.59 Å². The predicted octanol–water partition coefficient (Wildman–Crippen LogP) is 3.00. The summed E-state index contributed by atoms with van der Waals surface area (Å²) in [6.45, 7) is 0. The molecule has 0 bridgehead atoms. The van der Waals surface area contributed by atoms with Gasteiger partial charge in [0.2, 0.25) is 11.8 Å². The Morgan fingerprint density at radius 1 is 0.696 bits per heavy atom. The molecule has 0 spiro atoms. The molecule has 2 aromatic heterocycles. The van der Waals surface area contributed by atoms with E-state index < -0.39 is 0 Å². The van der Waals surface area contributed by atoms with Gasteiger partial charge in [0.15, 0.2) is 0 Å². The molecule has 0 aliphatic heterocycles. The maximum Gasteiger partial charge on any atom is 0.224 e. The number of rotatable bonds is 8. The van der Waals surface area contributed by atoms with Crippen molar-refractivity contribution in [1.82, 2.24) is 9.97 Å². The van der Waals surface area contributed by atoms with Crippen molar-refractivity contribution in [3.8, 4) is 0 Å². The second-order valence-electron chi connectivity index (χ2n) is 5.13. The Bertz CT molecular complexity index is 562. The van der Waals surface area contributed by atoms with E-state index in [4.69, 9.17) is 0 Å². The Hall–Kier alpha value is -2.76. The van der Waals surface area contributed by atoms with Gasteiger partial charge >= 0.3 is 0 Å². The van der Waals surface area contributed by atoms with Crippen molar-refractivity contribution in [3.05, 3.63) is 49.1 Å². The summed E-state index contributed by atoms with van der Waals surface area (Å²) >= 11 is 0. The number of nitrogens with one attached hydrogen (secondary N) is 2. The van der Waals surface area contributed by atoms with Crippen LogP contribution in [0.2, 0.25) is 0 Å². The summed E-state index contributed by atoms with van der Waals surface area (Å²) in [5.74, 6) is -0.0325. The first-order valence-corrected chi connectivity index (χ1v) is 7.64. The Balaban J connectivity index is 1.55. The van der Waals surface area contributed by atoms with Gasteiger partial charge in [-0.05, 0) is 37.1 Å². The summed E-state index contributed by atoms with van der Waals surface area (Å²) in [7, 11) is 0. The van der Waals surface area contributed by atoms with E-state index in [9.17, 15) is 9.59 Å². The number of unbranched alkanes of at least 4 members (excludes halogenated alkanes) is 2. The quantitative estimate of drug-likeness (QED) is 0.734. The van der Waals surface area contributed by atoms with Gasteiger partial charge in [0.25, 0.3) is 0 Å². The number of amides is 2. The van der Waals surface area contributed by atoms with Crippen LogP contribution < -0.4 is 10.6 Å². The first kappa shape index (κ1) is 16.6. The number of aromatic nitrogens is 2. The molecule has 2 rings (SSSR count). The van der Waals surface area contributed by atoms with Crippen LogP contribution in [0.1, 0.15) is 32.1 Å². The van der Waals surface area contributed by atoms with Gasteiger partial charge < -0.3 is 10.6 Å². The molecule has 0 aliphatic rings. The van der Waals surface area contributed by atoms with Gasteiger partial charge in [0.05, 0.1) is 0 Å². The summed E-state index contributed by atoms with van der Waals surface area (Å²) < 4.78 is 0. The molecule has 0 radical (unpaired) electrons. The lowest BCUT2D eigenvalue weighted by Gasteiger charge is -2.05. The average Bonchev–Trinajstić information content (AvgIpc) is 2.56. The number of nitrogens with zero attached hydrogens (tertiary/aromatic N) is 2. The lowest BCUT2D eigenvalue weighted by molar-refractivity contribution is -0.116. The van der Waals surface area contributed by atoms with Gasteiger partial charge in [-0.3, -0.25) is 19.6 Å². The number of carbonyl (C=O) groups excluding carboxylic acids is 2. The monoisotopic (exact) mass is 312 g/mol. The van der Waals surface area contributed by atoms with Crippen LogP contribution in [0.15, 0.2) is 49.1 Å². The molecule has 2 aromatic rings. The molecule has 2 heterocycles. The molecule has 23 heavy (non-hydrogen) atoms. The van der Waals surface area contributed by atoms with Gasteiger partial charge in [-0.1, -0.05) is 6.42 Å². The largest absolute Gasteiger partial charge is 0.326 e. The van der Waals surface area contributed by atoms with E-state index in [1.807, 2.05) is 0 Å². The number of pyridine rings is 2. The molecule has 120 valence electrons. The minimum atomic E-state index is -0.0163. The maximum atomic E-state index is 11.7. The van der Waals surface area contributed by atoms with E-state index >= 15 is 0 Å². The topological polar surface area (TPSA) is 84.0 Å². The van der Waals surface area contributed by atoms with E-state index in [0.29, 0.717) is 12.8 Å². The van der Waals surface area contributed by atoms with Gasteiger partial charge in [0, 0.05) is 49.0 Å². The molecule has 2 amide bonds. The zero-order valence-corrected chi connectivity index (χ0v) is 12.9. The fraction of sp³-hybridized carbons (Fsp3) is 0.294. The number of anilines is 2. The molecule has 0 atom stereocenters. The average molecular weight is 312 g/mol. The van der Waals surface area contributed by atoms with Crippen molar-refractivity contribution >= 4 is 23.2 Å². The summed E-state index contributed by atoms with van der Waals surface area (Å²) in [6.07, 6.45) is 9.82. The van der Waals surface area contributed by atoms with E-state index in [2.05, 4.69) is 20.6 Å². The molecule has 0 unspecified atom stereocenters. The first-order valence-electron chi connectivity index (χ1n) is 7.64. The second-order valence-corrected chi connectivity index (χ2v) is 5.13. The molecule has 0 fully saturated rings. The molecule has 0 saturated heterocycles. The van der Waals surface area contributed by atoms with E-state index in [-0.39, 0.29) is 11.8 Å². The van der Waals surface area contributed by atoms with Gasteiger partial charge in [0.1, 0.15) is 0 Å². The van der Waals surface area contributed by atoms with Crippen LogP contribution in [0.4, 0.5) is 11.4 Å². The highest BCUT2D eigenvalue weighted by Crippen LogP contribution is 2.09. The van der Waals surface area contributed by atoms with Gasteiger partial charge in [-0.2, -0.15) is 0 Å². The smallest absolute Gasteiger partial charge is 0.224 e. The molecule has 6 heteroatoms.